The molecule has 0 saturated carbocycles. The fourth-order valence-electron chi connectivity index (χ4n) is 15.7. The number of rotatable bonds is 7. The fraction of sp³-hybridized carbons (Fsp3) is 0.172. The first-order chi connectivity index (χ1) is 58.6. The highest BCUT2D eigenvalue weighted by Gasteiger charge is 2.22. The van der Waals surface area contributed by atoms with E-state index < -0.39 is 0 Å². The molecule has 0 unspecified atom stereocenters. The Labute approximate surface area is 724 Å². The predicted molar refractivity (Wildman–Crippen MR) is 527 cm³/mol. The van der Waals surface area contributed by atoms with Gasteiger partial charge in [0.2, 0.25) is 0 Å². The molecule has 0 fully saturated rings. The highest BCUT2D eigenvalue weighted by Crippen LogP contribution is 2.40. The molecule has 0 amide bonds. The van der Waals surface area contributed by atoms with E-state index in [9.17, 15) is 0 Å². The van der Waals surface area contributed by atoms with E-state index in [-0.39, 0.29) is 27.1 Å². The molecule has 20 aromatic rings. The number of hydrogen-bond donors (Lipinski definition) is 0. The van der Waals surface area contributed by atoms with E-state index >= 15 is 0 Å². The van der Waals surface area contributed by atoms with Crippen molar-refractivity contribution < 1.29 is 0 Å². The summed E-state index contributed by atoms with van der Waals surface area (Å²) in [4.78, 5) is 19.0. The third kappa shape index (κ3) is 18.8. The van der Waals surface area contributed by atoms with Gasteiger partial charge >= 0.3 is 0 Å². The van der Waals surface area contributed by atoms with Crippen molar-refractivity contribution in [1.82, 2.24) is 24.5 Å². The number of thiazole rings is 1. The number of benzene rings is 16. The van der Waals surface area contributed by atoms with Gasteiger partial charge in [-0.25, -0.2) is 15.0 Å². The summed E-state index contributed by atoms with van der Waals surface area (Å²) in [6.07, 6.45) is 1.83. The van der Waals surface area contributed by atoms with Crippen molar-refractivity contribution in [3.05, 3.63) is 404 Å². The first kappa shape index (κ1) is 82.4. The lowest BCUT2D eigenvalue weighted by Gasteiger charge is -2.22. The highest BCUT2D eigenvalue weighted by atomic mass is 32.1. The Kier molecular flexibility index (Phi) is 23.3. The second kappa shape index (κ2) is 34.5. The second-order valence-corrected chi connectivity index (χ2v) is 38.3. The molecule has 602 valence electrons. The zero-order chi connectivity index (χ0) is 85.1. The van der Waals surface area contributed by atoms with Gasteiger partial charge < -0.3 is 0 Å². The quantitative estimate of drug-likeness (QED) is 0.149. The molecule has 16 aromatic carbocycles. The molecule has 20 rings (SSSR count). The number of fused-ring (bicyclic) bond motifs is 9. The van der Waals surface area contributed by atoms with E-state index in [1.54, 1.807) is 11.3 Å². The number of para-hydroxylation sites is 4. The van der Waals surface area contributed by atoms with Crippen molar-refractivity contribution in [3.63, 3.8) is 0 Å². The standard InChI is InChI=1S/C30H26.C24H22.C23H22N2.C22H20N2.C17H17NS/c1-30(2,3)29-19-27(25-14-12-21-8-4-6-10-23(21)16-25)18-28(20-29)26-15-13-22-9-5-7-11-24(22)17-26;1-24(2,3)23-13-12-21-15-20(10-11-22(21)16-23)19-9-8-17-6-4-5-7-18(17)14-19;1-23(2,3)18-15-13-17(14-16-18)22-24-20-11-7-8-12-21(20)25(22)19-9-5-4-6-10-19;1-22(2,3)18-11-8-15(9-12-18)19-13-10-17-7-6-16-5-4-14-23-20(16)21(17)24-19;1-17(2,3)13-10-8-12(9-11-13)16-18-14-6-4-5-7-15(14)19-16/h4-20H,1-3H3;4-16H,1-3H3;4-16H,1-3H3;4-14H,1-3H3;4-11H,1-3H3. The average molecular weight is 1600 g/mol. The van der Waals surface area contributed by atoms with Crippen molar-refractivity contribution >= 4 is 97.5 Å². The summed E-state index contributed by atoms with van der Waals surface area (Å²) in [5.41, 5.74) is 25.9. The van der Waals surface area contributed by atoms with Gasteiger partial charge in [-0.2, -0.15) is 0 Å². The maximum Gasteiger partial charge on any atom is 0.145 e. The zero-order valence-electron chi connectivity index (χ0n) is 72.9. The largest absolute Gasteiger partial charge is 0.292 e. The van der Waals surface area contributed by atoms with E-state index in [0.717, 1.165) is 71.7 Å². The van der Waals surface area contributed by atoms with Crippen LogP contribution >= 0.6 is 11.3 Å². The average Bonchev–Trinajstić information content (AvgIpc) is 1.24. The summed E-state index contributed by atoms with van der Waals surface area (Å²) in [5.74, 6) is 0.979. The molecular weight excluding hydrogens is 1500 g/mol. The smallest absolute Gasteiger partial charge is 0.145 e. The van der Waals surface area contributed by atoms with Crippen LogP contribution < -0.4 is 0 Å². The lowest BCUT2D eigenvalue weighted by atomic mass is 9.83. The number of hydrogen-bond acceptors (Lipinski definition) is 5. The Bertz CT molecular complexity index is 6990. The van der Waals surface area contributed by atoms with Gasteiger partial charge in [0.1, 0.15) is 10.8 Å². The molecular formula is C116H107N5S. The van der Waals surface area contributed by atoms with Gasteiger partial charge in [0, 0.05) is 39.3 Å². The summed E-state index contributed by atoms with van der Waals surface area (Å²) in [7, 11) is 0. The lowest BCUT2D eigenvalue weighted by molar-refractivity contribution is 0.590. The van der Waals surface area contributed by atoms with Crippen molar-refractivity contribution in [1.29, 1.82) is 0 Å². The molecule has 4 aromatic heterocycles. The van der Waals surface area contributed by atoms with Gasteiger partial charge in [0.25, 0.3) is 0 Å². The minimum atomic E-state index is 0.0818. The Balaban J connectivity index is 0.000000114. The normalized spacial score (nSPS) is 11.9. The van der Waals surface area contributed by atoms with E-state index in [4.69, 9.17) is 15.0 Å². The van der Waals surface area contributed by atoms with Gasteiger partial charge in [-0.05, 0) is 210 Å². The van der Waals surface area contributed by atoms with Gasteiger partial charge in [-0.15, -0.1) is 11.3 Å². The zero-order valence-corrected chi connectivity index (χ0v) is 73.8. The van der Waals surface area contributed by atoms with Gasteiger partial charge in [0.05, 0.1) is 38.0 Å². The van der Waals surface area contributed by atoms with Crippen LogP contribution in [0.1, 0.15) is 132 Å². The van der Waals surface area contributed by atoms with Crippen LogP contribution in [0.2, 0.25) is 0 Å². The molecule has 0 saturated heterocycles. The first-order valence-corrected chi connectivity index (χ1v) is 43.4. The Morgan fingerprint density at radius 1 is 0.230 bits per heavy atom. The van der Waals surface area contributed by atoms with Crippen LogP contribution in [0, 0.1) is 0 Å². The second-order valence-electron chi connectivity index (χ2n) is 37.2. The summed E-state index contributed by atoms with van der Waals surface area (Å²) in [6.45, 7) is 33.8. The van der Waals surface area contributed by atoms with E-state index in [1.165, 1.54) is 115 Å². The van der Waals surface area contributed by atoms with E-state index in [0.29, 0.717) is 0 Å². The van der Waals surface area contributed by atoms with Gasteiger partial charge in [0.15, 0.2) is 0 Å². The molecule has 0 aliphatic carbocycles. The SMILES string of the molecule is CC(C)(C)c1cc(-c2ccc3ccccc3c2)cc(-c2ccc3ccccc3c2)c1.CC(C)(C)c1ccc(-c2ccc3ccc4cccnc4c3n2)cc1.CC(C)(C)c1ccc(-c2nc3ccccc3n2-c2ccccc2)cc1.CC(C)(C)c1ccc(-c2nc3ccccc3s2)cc1.CC(C)(C)c1ccc2cc(-c3ccc4ccccc4c3)ccc2c1. The molecule has 0 N–H and O–H groups in total. The van der Waals surface area contributed by atoms with Crippen LogP contribution in [0.4, 0.5) is 0 Å². The third-order valence-corrected chi connectivity index (χ3v) is 24.2. The Morgan fingerprint density at radius 3 is 1.11 bits per heavy atom. The number of imidazole rings is 1. The monoisotopic (exact) mass is 1600 g/mol. The van der Waals surface area contributed by atoms with Crippen LogP contribution in [-0.4, -0.2) is 24.5 Å². The summed E-state index contributed by atoms with van der Waals surface area (Å²) < 4.78 is 3.49. The minimum absolute atomic E-state index is 0.0818. The number of aromatic nitrogens is 5. The molecule has 122 heavy (non-hydrogen) atoms. The Hall–Kier alpha value is -13.3. The number of pyridine rings is 2. The molecule has 0 aliphatic rings. The molecule has 0 spiro atoms. The molecule has 0 radical (unpaired) electrons. The predicted octanol–water partition coefficient (Wildman–Crippen LogP) is 32.6. The van der Waals surface area contributed by atoms with Crippen molar-refractivity contribution in [2.75, 3.05) is 0 Å². The summed E-state index contributed by atoms with van der Waals surface area (Å²) in [5, 5.41) is 13.7. The molecule has 6 heteroatoms. The topological polar surface area (TPSA) is 56.5 Å². The maximum atomic E-state index is 4.91. The fourth-order valence-corrected chi connectivity index (χ4v) is 16.7. The molecule has 4 heterocycles. The van der Waals surface area contributed by atoms with Gasteiger partial charge in [-0.1, -0.05) is 395 Å². The van der Waals surface area contributed by atoms with Crippen molar-refractivity contribution in [2.24, 2.45) is 0 Å². The number of nitrogens with zero attached hydrogens (tertiary/aromatic N) is 5. The first-order valence-electron chi connectivity index (χ1n) is 42.6. The van der Waals surface area contributed by atoms with E-state index in [2.05, 4.69) is 459 Å². The highest BCUT2D eigenvalue weighted by molar-refractivity contribution is 7.21. The minimum Gasteiger partial charge on any atom is -0.292 e. The maximum absolute atomic E-state index is 4.91. The van der Waals surface area contributed by atoms with Crippen molar-refractivity contribution in [3.8, 4) is 72.3 Å². The molecule has 0 aliphatic heterocycles. The lowest BCUT2D eigenvalue weighted by Crippen LogP contribution is -2.11. The summed E-state index contributed by atoms with van der Waals surface area (Å²) in [6, 6.07) is 132. The van der Waals surface area contributed by atoms with Crippen LogP contribution in [0.5, 0.6) is 0 Å². The summed E-state index contributed by atoms with van der Waals surface area (Å²) >= 11 is 1.75. The van der Waals surface area contributed by atoms with Gasteiger partial charge in [-0.3, -0.25) is 9.55 Å². The third-order valence-electron chi connectivity index (χ3n) is 23.1. The molecule has 0 atom stereocenters. The van der Waals surface area contributed by atoms with Crippen LogP contribution in [-0.2, 0) is 27.1 Å². The Morgan fingerprint density at radius 2 is 0.598 bits per heavy atom. The van der Waals surface area contributed by atoms with Crippen molar-refractivity contribution in [2.45, 2.75) is 131 Å². The molecule has 0 bridgehead atoms. The van der Waals surface area contributed by atoms with Crippen LogP contribution in [0.15, 0.2) is 376 Å². The van der Waals surface area contributed by atoms with Crippen LogP contribution in [0.25, 0.3) is 158 Å². The molecule has 5 nitrogen and oxygen atoms in total. The van der Waals surface area contributed by atoms with E-state index in [1.807, 2.05) is 30.5 Å². The van der Waals surface area contributed by atoms with Crippen LogP contribution in [0.3, 0.4) is 0 Å².